The van der Waals surface area contributed by atoms with E-state index in [9.17, 15) is 9.32 Å². The van der Waals surface area contributed by atoms with Crippen LogP contribution in [0.3, 0.4) is 0 Å². The number of aliphatic hydroxyl groups excluding tert-OH is 1. The van der Waals surface area contributed by atoms with E-state index in [4.69, 9.17) is 14.4 Å². The van der Waals surface area contributed by atoms with Gasteiger partial charge in [-0.05, 0) is 44.7 Å². The normalized spacial score (nSPS) is 21.5. The third kappa shape index (κ3) is 3.98. The fourth-order valence-corrected chi connectivity index (χ4v) is 5.98. The number of aliphatic hydroxyl groups is 1. The molecule has 10 heteroatoms. The molecule has 2 aromatic heterocycles. The van der Waals surface area contributed by atoms with Crippen LogP contribution in [-0.2, 0) is 17.2 Å². The molecule has 3 aromatic rings. The highest BCUT2D eigenvalue weighted by molar-refractivity contribution is 7.85. The molecule has 0 amide bonds. The van der Waals surface area contributed by atoms with Crippen molar-refractivity contribution in [3.05, 3.63) is 41.4 Å². The summed E-state index contributed by atoms with van der Waals surface area (Å²) >= 11 is 0. The number of hydrogen-bond donors (Lipinski definition) is 2. The van der Waals surface area contributed by atoms with Crippen LogP contribution in [-0.4, -0.2) is 60.5 Å². The highest BCUT2D eigenvalue weighted by atomic mass is 32.2. The molecule has 2 N–H and O–H groups in total. The van der Waals surface area contributed by atoms with Gasteiger partial charge in [-0.2, -0.15) is 4.98 Å². The van der Waals surface area contributed by atoms with E-state index in [0.29, 0.717) is 40.6 Å². The summed E-state index contributed by atoms with van der Waals surface area (Å²) in [5, 5.41) is 21.7. The maximum Gasteiger partial charge on any atom is 0.247 e. The summed E-state index contributed by atoms with van der Waals surface area (Å²) in [6.07, 6.45) is 4.21. The van der Waals surface area contributed by atoms with E-state index in [-0.39, 0.29) is 18.1 Å². The van der Waals surface area contributed by atoms with Gasteiger partial charge in [-0.15, -0.1) is 10.2 Å². The van der Waals surface area contributed by atoms with Gasteiger partial charge in [0, 0.05) is 36.7 Å². The third-order valence-electron chi connectivity index (χ3n) is 7.08. The van der Waals surface area contributed by atoms with Crippen molar-refractivity contribution in [2.24, 2.45) is 0 Å². The number of hydrogen-bond acceptors (Lipinski definition) is 9. The molecule has 6 rings (SSSR count). The summed E-state index contributed by atoms with van der Waals surface area (Å²) in [6, 6.07) is 8.08. The van der Waals surface area contributed by atoms with Crippen LogP contribution < -0.4 is 10.2 Å². The molecule has 1 atom stereocenters. The van der Waals surface area contributed by atoms with Gasteiger partial charge in [-0.3, -0.25) is 4.21 Å². The zero-order valence-corrected chi connectivity index (χ0v) is 20.0. The molecular weight excluding hydrogens is 452 g/mol. The number of nitrogens with zero attached hydrogens (tertiary/aromatic N) is 5. The lowest BCUT2D eigenvalue weighted by Gasteiger charge is -2.31. The molecule has 178 valence electrons. The van der Waals surface area contributed by atoms with Crippen LogP contribution in [0.2, 0.25) is 0 Å². The minimum absolute atomic E-state index is 0.0495. The standard InChI is InChI=1S/C24H28N6O3S/c1-15-2-4-16(5-3-15)21-28-29-22(33-21)17-6-11-30(12-7-17)23-25-18-8-13-34(32)19(18)20(26-23)27-24(14-31)9-10-24/h2-5,17,31H,6-14H2,1H3,(H,25,26,27). The van der Waals surface area contributed by atoms with Gasteiger partial charge in [-0.25, -0.2) is 4.98 Å². The second-order valence-electron chi connectivity index (χ2n) is 9.58. The quantitative estimate of drug-likeness (QED) is 0.549. The van der Waals surface area contributed by atoms with Gasteiger partial charge < -0.3 is 19.7 Å². The fourth-order valence-electron chi connectivity index (χ4n) is 4.67. The number of piperidine rings is 1. The molecule has 34 heavy (non-hydrogen) atoms. The number of aryl methyl sites for hydroxylation is 2. The van der Waals surface area contributed by atoms with Crippen LogP contribution in [0, 0.1) is 6.92 Å². The van der Waals surface area contributed by atoms with Crippen molar-refractivity contribution >= 4 is 22.6 Å². The van der Waals surface area contributed by atoms with Gasteiger partial charge in [0.1, 0.15) is 10.7 Å². The molecule has 0 spiro atoms. The van der Waals surface area contributed by atoms with Crippen molar-refractivity contribution in [1.29, 1.82) is 0 Å². The molecule has 2 aliphatic heterocycles. The summed E-state index contributed by atoms with van der Waals surface area (Å²) in [7, 11) is -1.09. The van der Waals surface area contributed by atoms with Crippen LogP contribution in [0.15, 0.2) is 33.6 Å². The second-order valence-corrected chi connectivity index (χ2v) is 11.1. The number of benzene rings is 1. The van der Waals surface area contributed by atoms with Gasteiger partial charge in [0.15, 0.2) is 0 Å². The zero-order valence-electron chi connectivity index (χ0n) is 19.2. The number of rotatable bonds is 6. The Kier molecular flexibility index (Phi) is 5.37. The number of aromatic nitrogens is 4. The van der Waals surface area contributed by atoms with E-state index in [2.05, 4.69) is 27.3 Å². The second kappa shape index (κ2) is 8.42. The van der Waals surface area contributed by atoms with Crippen molar-refractivity contribution in [3.8, 4) is 11.5 Å². The maximum atomic E-state index is 12.6. The minimum Gasteiger partial charge on any atom is -0.420 e. The van der Waals surface area contributed by atoms with Crippen LogP contribution in [0.4, 0.5) is 11.8 Å². The maximum absolute atomic E-state index is 12.6. The van der Waals surface area contributed by atoms with Gasteiger partial charge >= 0.3 is 0 Å². The molecule has 1 unspecified atom stereocenters. The van der Waals surface area contributed by atoms with E-state index in [1.165, 1.54) is 5.56 Å². The summed E-state index contributed by atoms with van der Waals surface area (Å²) in [5.41, 5.74) is 2.66. The Hall–Kier alpha value is -2.85. The number of fused-ring (bicyclic) bond motifs is 1. The predicted octanol–water partition coefficient (Wildman–Crippen LogP) is 2.82. The molecule has 1 aromatic carbocycles. The molecule has 3 aliphatic rings. The number of anilines is 2. The summed E-state index contributed by atoms with van der Waals surface area (Å²) in [4.78, 5) is 12.5. The fraction of sp³-hybridized carbons (Fsp3) is 0.500. The van der Waals surface area contributed by atoms with Crippen molar-refractivity contribution in [2.75, 3.05) is 35.7 Å². The molecule has 4 heterocycles. The monoisotopic (exact) mass is 480 g/mol. The zero-order chi connectivity index (χ0) is 23.3. The summed E-state index contributed by atoms with van der Waals surface area (Å²) < 4.78 is 18.6. The summed E-state index contributed by atoms with van der Waals surface area (Å²) in [6.45, 7) is 3.66. The first-order valence-electron chi connectivity index (χ1n) is 11.9. The van der Waals surface area contributed by atoms with E-state index in [1.54, 1.807) is 0 Å². The van der Waals surface area contributed by atoms with E-state index < -0.39 is 10.8 Å². The van der Waals surface area contributed by atoms with Gasteiger partial charge in [0.05, 0.1) is 28.6 Å². The first-order chi connectivity index (χ1) is 16.5. The Labute approximate surface area is 200 Å². The Morgan fingerprint density at radius 1 is 1.18 bits per heavy atom. The Morgan fingerprint density at radius 2 is 1.94 bits per heavy atom. The van der Waals surface area contributed by atoms with Gasteiger partial charge in [0.25, 0.3) is 0 Å². The molecule has 0 bridgehead atoms. The van der Waals surface area contributed by atoms with E-state index >= 15 is 0 Å². The van der Waals surface area contributed by atoms with Crippen molar-refractivity contribution in [1.82, 2.24) is 20.2 Å². The van der Waals surface area contributed by atoms with Crippen molar-refractivity contribution in [3.63, 3.8) is 0 Å². The summed E-state index contributed by atoms with van der Waals surface area (Å²) in [5.74, 6) is 3.31. The van der Waals surface area contributed by atoms with Gasteiger partial charge in [0.2, 0.25) is 17.7 Å². The van der Waals surface area contributed by atoms with Crippen molar-refractivity contribution in [2.45, 2.75) is 55.4 Å². The SMILES string of the molecule is Cc1ccc(-c2nnc(C3CCN(c4nc5c(c(NC6(CO)CC6)n4)S(=O)CC5)CC3)o2)cc1. The molecule has 1 aliphatic carbocycles. The van der Waals surface area contributed by atoms with Crippen LogP contribution in [0.5, 0.6) is 0 Å². The first kappa shape index (κ1) is 21.7. The Bertz CT molecular complexity index is 1230. The molecule has 1 saturated heterocycles. The lowest BCUT2D eigenvalue weighted by molar-refractivity contribution is 0.265. The largest absolute Gasteiger partial charge is 0.420 e. The smallest absolute Gasteiger partial charge is 0.247 e. The topological polar surface area (TPSA) is 117 Å². The molecule has 1 saturated carbocycles. The van der Waals surface area contributed by atoms with Crippen LogP contribution in [0.1, 0.15) is 48.7 Å². The number of nitrogens with one attached hydrogen (secondary N) is 1. The van der Waals surface area contributed by atoms with E-state index in [0.717, 1.165) is 50.0 Å². The third-order valence-corrected chi connectivity index (χ3v) is 8.54. The first-order valence-corrected chi connectivity index (χ1v) is 13.2. The average molecular weight is 481 g/mol. The molecular formula is C24H28N6O3S. The van der Waals surface area contributed by atoms with Crippen LogP contribution >= 0.6 is 0 Å². The lowest BCUT2D eigenvalue weighted by Crippen LogP contribution is -2.35. The van der Waals surface area contributed by atoms with E-state index in [1.807, 2.05) is 24.3 Å². The van der Waals surface area contributed by atoms with Crippen LogP contribution in [0.25, 0.3) is 11.5 Å². The van der Waals surface area contributed by atoms with Gasteiger partial charge in [-0.1, -0.05) is 17.7 Å². The minimum atomic E-state index is -1.09. The molecule has 9 nitrogen and oxygen atoms in total. The highest BCUT2D eigenvalue weighted by Gasteiger charge is 2.44. The molecule has 2 fully saturated rings. The average Bonchev–Trinajstić information content (AvgIpc) is 3.27. The highest BCUT2D eigenvalue weighted by Crippen LogP contribution is 2.41. The predicted molar refractivity (Wildman–Crippen MR) is 128 cm³/mol. The Balaban J connectivity index is 1.18. The Morgan fingerprint density at radius 3 is 2.65 bits per heavy atom. The molecule has 0 radical (unpaired) electrons. The lowest BCUT2D eigenvalue weighted by atomic mass is 9.97. The van der Waals surface area contributed by atoms with Crippen molar-refractivity contribution < 1.29 is 13.7 Å².